The molecule has 1 aromatic heterocycles. The second-order valence-corrected chi connectivity index (χ2v) is 9.21. The molecule has 1 fully saturated rings. The Balaban J connectivity index is 0.00000280. The highest BCUT2D eigenvalue weighted by atomic mass is 19.3. The van der Waals surface area contributed by atoms with Crippen molar-refractivity contribution in [2.75, 3.05) is 25.0 Å². The lowest BCUT2D eigenvalue weighted by Crippen LogP contribution is -2.38. The van der Waals surface area contributed by atoms with Crippen LogP contribution in [0.4, 0.5) is 23.7 Å². The average Bonchev–Trinajstić information content (AvgIpc) is 2.90. The van der Waals surface area contributed by atoms with Gasteiger partial charge in [-0.2, -0.15) is 0 Å². The van der Waals surface area contributed by atoms with E-state index in [1.165, 1.54) is 12.1 Å². The molecule has 2 heterocycles. The first-order valence-electron chi connectivity index (χ1n) is 12.4. The van der Waals surface area contributed by atoms with Crippen molar-refractivity contribution in [1.29, 1.82) is 0 Å². The SMILES string of the molecule is C=C(Cc1ccc(NC(=O)NCCc2cccnc2)cc1C#Cc1ccc(F)cc1)N1CCC(F)(F)CC1.[HH].[HH]. The van der Waals surface area contributed by atoms with Crippen molar-refractivity contribution in [1.82, 2.24) is 15.2 Å². The number of hydrogen-bond acceptors (Lipinski definition) is 3. The molecule has 3 aromatic rings. The maximum atomic E-state index is 13.6. The second kappa shape index (κ2) is 12.3. The standard InChI is InChI=1S/C30H29F3N4O.2H2/c1-22(37-17-13-30(32,33)14-18-37)19-25-8-11-28(20-26(25)7-4-23-5-9-27(31)10-6-23)36-29(38)35-16-12-24-3-2-15-34-21-24;;/h2-3,5-6,8-11,15,20-21H,1,12-14,16-19H2,(H2,35,36,38);2*1H. The molecule has 0 radical (unpaired) electrons. The molecule has 8 heteroatoms. The maximum absolute atomic E-state index is 13.6. The third-order valence-electron chi connectivity index (χ3n) is 6.31. The van der Waals surface area contributed by atoms with Crippen LogP contribution < -0.4 is 10.6 Å². The molecule has 2 amide bonds. The number of carbonyl (C=O) groups excluding carboxylic acids is 1. The fourth-order valence-corrected chi connectivity index (χ4v) is 4.12. The first kappa shape index (κ1) is 26.8. The number of carbonyl (C=O) groups is 1. The molecule has 38 heavy (non-hydrogen) atoms. The number of pyridine rings is 1. The van der Waals surface area contributed by atoms with Gasteiger partial charge in [-0.15, -0.1) is 0 Å². The van der Waals surface area contributed by atoms with Gasteiger partial charge in [-0.3, -0.25) is 4.98 Å². The van der Waals surface area contributed by atoms with E-state index in [-0.39, 0.29) is 40.6 Å². The lowest BCUT2D eigenvalue weighted by atomic mass is 10.00. The minimum absolute atomic E-state index is 0. The zero-order valence-electron chi connectivity index (χ0n) is 20.9. The summed E-state index contributed by atoms with van der Waals surface area (Å²) in [4.78, 5) is 18.4. The summed E-state index contributed by atoms with van der Waals surface area (Å²) in [6.07, 6.45) is 4.15. The van der Waals surface area contributed by atoms with E-state index in [9.17, 15) is 18.0 Å². The van der Waals surface area contributed by atoms with Gasteiger partial charge in [-0.05, 0) is 60.0 Å². The molecule has 1 aliphatic heterocycles. The van der Waals surface area contributed by atoms with Crippen LogP contribution in [0, 0.1) is 17.7 Å². The molecule has 0 atom stereocenters. The summed E-state index contributed by atoms with van der Waals surface area (Å²) in [6.45, 7) is 5.08. The number of aromatic nitrogens is 1. The minimum atomic E-state index is -2.63. The van der Waals surface area contributed by atoms with Crippen LogP contribution in [0.15, 0.2) is 79.3 Å². The van der Waals surface area contributed by atoms with E-state index in [1.54, 1.807) is 36.7 Å². The number of nitrogens with one attached hydrogen (secondary N) is 2. The third kappa shape index (κ3) is 7.87. The van der Waals surface area contributed by atoms with Crippen molar-refractivity contribution in [3.63, 3.8) is 0 Å². The molecule has 5 nitrogen and oxygen atoms in total. The van der Waals surface area contributed by atoms with Crippen LogP contribution in [-0.2, 0) is 12.8 Å². The minimum Gasteiger partial charge on any atom is -0.375 e. The zero-order chi connectivity index (χ0) is 27.0. The van der Waals surface area contributed by atoms with Crippen molar-refractivity contribution in [2.24, 2.45) is 0 Å². The number of hydrogen-bond donors (Lipinski definition) is 2. The molecular formula is C30H33F3N4O. The molecule has 1 saturated heterocycles. The summed E-state index contributed by atoms with van der Waals surface area (Å²) in [5, 5.41) is 5.66. The highest BCUT2D eigenvalue weighted by molar-refractivity contribution is 5.89. The number of benzene rings is 2. The maximum Gasteiger partial charge on any atom is 0.319 e. The van der Waals surface area contributed by atoms with Gasteiger partial charge < -0.3 is 15.5 Å². The molecule has 0 spiro atoms. The number of nitrogens with zero attached hydrogens (tertiary/aromatic N) is 2. The summed E-state index contributed by atoms with van der Waals surface area (Å²) in [5.74, 6) is 3.17. The highest BCUT2D eigenvalue weighted by Gasteiger charge is 2.34. The number of likely N-dealkylation sites (tertiary alicyclic amines) is 1. The Kier molecular flexibility index (Phi) is 8.70. The van der Waals surface area contributed by atoms with E-state index in [4.69, 9.17) is 0 Å². The van der Waals surface area contributed by atoms with Crippen molar-refractivity contribution in [3.8, 4) is 11.8 Å². The van der Waals surface area contributed by atoms with Gasteiger partial charge >= 0.3 is 6.03 Å². The fraction of sp³-hybridized carbons (Fsp3) is 0.267. The Morgan fingerprint density at radius 1 is 1.11 bits per heavy atom. The van der Waals surface area contributed by atoms with Gasteiger partial charge in [-0.1, -0.05) is 30.6 Å². The molecule has 2 N–H and O–H groups in total. The van der Waals surface area contributed by atoms with E-state index in [2.05, 4.69) is 34.0 Å². The van der Waals surface area contributed by atoms with Crippen LogP contribution in [0.25, 0.3) is 0 Å². The molecule has 200 valence electrons. The Labute approximate surface area is 223 Å². The number of urea groups is 1. The smallest absolute Gasteiger partial charge is 0.319 e. The van der Waals surface area contributed by atoms with E-state index in [0.717, 1.165) is 16.8 Å². The Bertz CT molecular complexity index is 1330. The van der Waals surface area contributed by atoms with Crippen LogP contribution in [0.3, 0.4) is 0 Å². The summed E-state index contributed by atoms with van der Waals surface area (Å²) < 4.78 is 40.5. The van der Waals surface area contributed by atoms with E-state index < -0.39 is 5.92 Å². The van der Waals surface area contributed by atoms with E-state index in [0.29, 0.717) is 36.2 Å². The first-order chi connectivity index (χ1) is 18.3. The van der Waals surface area contributed by atoms with Crippen molar-refractivity contribution < 1.29 is 20.8 Å². The van der Waals surface area contributed by atoms with Crippen molar-refractivity contribution in [2.45, 2.75) is 31.6 Å². The first-order valence-corrected chi connectivity index (χ1v) is 12.4. The second-order valence-electron chi connectivity index (χ2n) is 9.21. The van der Waals surface area contributed by atoms with E-state index in [1.807, 2.05) is 23.1 Å². The zero-order valence-corrected chi connectivity index (χ0v) is 20.9. The number of amides is 2. The van der Waals surface area contributed by atoms with Crippen LogP contribution in [0.2, 0.25) is 0 Å². The number of piperidine rings is 1. The normalized spacial score (nSPS) is 14.2. The number of rotatable bonds is 7. The topological polar surface area (TPSA) is 57.3 Å². The molecule has 0 aliphatic carbocycles. The van der Waals surface area contributed by atoms with Crippen molar-refractivity contribution in [3.05, 3.63) is 107 Å². The van der Waals surface area contributed by atoms with Gasteiger partial charge in [0.1, 0.15) is 5.82 Å². The monoisotopic (exact) mass is 522 g/mol. The lowest BCUT2D eigenvalue weighted by Gasteiger charge is -2.34. The molecule has 0 unspecified atom stereocenters. The molecule has 0 bridgehead atoms. The van der Waals surface area contributed by atoms with Crippen LogP contribution >= 0.6 is 0 Å². The predicted octanol–water partition coefficient (Wildman–Crippen LogP) is 6.26. The molecule has 4 rings (SSSR count). The number of anilines is 1. The van der Waals surface area contributed by atoms with Gasteiger partial charge in [0.2, 0.25) is 0 Å². The lowest BCUT2D eigenvalue weighted by molar-refractivity contribution is -0.0492. The van der Waals surface area contributed by atoms with Crippen LogP contribution in [0.1, 0.15) is 37.9 Å². The van der Waals surface area contributed by atoms with Gasteiger partial charge in [0.25, 0.3) is 5.92 Å². The van der Waals surface area contributed by atoms with Gasteiger partial charge in [-0.25, -0.2) is 18.0 Å². The van der Waals surface area contributed by atoms with Crippen LogP contribution in [0.5, 0.6) is 0 Å². The molecule has 0 saturated carbocycles. The van der Waals surface area contributed by atoms with Crippen molar-refractivity contribution >= 4 is 11.7 Å². The summed E-state index contributed by atoms with van der Waals surface area (Å²) in [5.41, 5.74) is 4.46. The van der Waals surface area contributed by atoms with Gasteiger partial charge in [0.15, 0.2) is 0 Å². The molecular weight excluding hydrogens is 489 g/mol. The third-order valence-corrected chi connectivity index (χ3v) is 6.31. The molecule has 1 aliphatic rings. The van der Waals surface area contributed by atoms with E-state index >= 15 is 0 Å². The number of allylic oxidation sites excluding steroid dienone is 1. The number of halogens is 3. The molecule has 2 aromatic carbocycles. The Morgan fingerprint density at radius 2 is 1.87 bits per heavy atom. The Hall–Kier alpha value is -4.25. The van der Waals surface area contributed by atoms with Gasteiger partial charge in [0.05, 0.1) is 0 Å². The highest BCUT2D eigenvalue weighted by Crippen LogP contribution is 2.30. The number of alkyl halides is 2. The van der Waals surface area contributed by atoms with Crippen LogP contribution in [-0.4, -0.2) is 41.5 Å². The predicted molar refractivity (Wildman–Crippen MR) is 147 cm³/mol. The summed E-state index contributed by atoms with van der Waals surface area (Å²) in [7, 11) is 0. The average molecular weight is 523 g/mol. The largest absolute Gasteiger partial charge is 0.375 e. The summed E-state index contributed by atoms with van der Waals surface area (Å²) >= 11 is 0. The van der Waals surface area contributed by atoms with Gasteiger partial charge in [0, 0.05) is 76.7 Å². The Morgan fingerprint density at radius 3 is 2.58 bits per heavy atom. The fourth-order valence-electron chi connectivity index (χ4n) is 4.12. The quantitative estimate of drug-likeness (QED) is 0.360. The summed E-state index contributed by atoms with van der Waals surface area (Å²) in [6, 6.07) is 14.7.